The first-order valence-electron chi connectivity index (χ1n) is 5.99. The van der Waals surface area contributed by atoms with Gasteiger partial charge in [0.2, 0.25) is 0 Å². The zero-order valence-corrected chi connectivity index (χ0v) is 12.1. The number of halogens is 4. The maximum Gasteiger partial charge on any atom is 0.416 e. The summed E-state index contributed by atoms with van der Waals surface area (Å²) >= 11 is 3.10. The van der Waals surface area contributed by atoms with Gasteiger partial charge in [-0.25, -0.2) is 0 Å². The van der Waals surface area contributed by atoms with E-state index in [0.29, 0.717) is 12.2 Å². The number of hydrogen-bond acceptors (Lipinski definition) is 2. The molecule has 2 nitrogen and oxygen atoms in total. The third-order valence-corrected chi connectivity index (χ3v) is 3.99. The van der Waals surface area contributed by atoms with Gasteiger partial charge < -0.3 is 9.64 Å². The van der Waals surface area contributed by atoms with Crippen molar-refractivity contribution < 1.29 is 17.9 Å². The lowest BCUT2D eigenvalue weighted by molar-refractivity contribution is -0.138. The van der Waals surface area contributed by atoms with Gasteiger partial charge in [-0.1, -0.05) is 22.0 Å². The van der Waals surface area contributed by atoms with Crippen molar-refractivity contribution in [1.29, 1.82) is 0 Å². The molecule has 1 fully saturated rings. The van der Waals surface area contributed by atoms with Crippen molar-refractivity contribution in [3.63, 3.8) is 0 Å². The number of nitrogens with zero attached hydrogens (tertiary/aromatic N) is 1. The molecule has 0 saturated carbocycles. The van der Waals surface area contributed by atoms with Crippen molar-refractivity contribution in [3.8, 4) is 0 Å². The average Bonchev–Trinajstić information content (AvgIpc) is 2.85. The molecule has 19 heavy (non-hydrogen) atoms. The normalized spacial score (nSPS) is 20.1. The Labute approximate surface area is 118 Å². The van der Waals surface area contributed by atoms with Crippen molar-refractivity contribution in [1.82, 2.24) is 0 Å². The highest BCUT2D eigenvalue weighted by Crippen LogP contribution is 2.36. The van der Waals surface area contributed by atoms with Gasteiger partial charge in [-0.2, -0.15) is 13.2 Å². The Morgan fingerprint density at radius 3 is 2.68 bits per heavy atom. The molecule has 0 amide bonds. The van der Waals surface area contributed by atoms with Crippen LogP contribution in [0.5, 0.6) is 0 Å². The summed E-state index contributed by atoms with van der Waals surface area (Å²) in [6.45, 7) is 1.37. The molecular formula is C13H15BrF3NO. The molecule has 1 saturated heterocycles. The summed E-state index contributed by atoms with van der Waals surface area (Å²) in [6.07, 6.45) is -3.37. The van der Waals surface area contributed by atoms with Crippen LogP contribution in [-0.2, 0) is 16.2 Å². The third kappa shape index (κ3) is 3.23. The Bertz CT molecular complexity index is 450. The lowest BCUT2D eigenvalue weighted by Crippen LogP contribution is -2.22. The molecule has 0 N–H and O–H groups in total. The minimum absolute atomic E-state index is 0.102. The molecule has 0 aromatic heterocycles. The summed E-state index contributed by atoms with van der Waals surface area (Å²) in [5.74, 6) is 0. The van der Waals surface area contributed by atoms with Crippen LogP contribution in [0.15, 0.2) is 18.2 Å². The van der Waals surface area contributed by atoms with E-state index in [-0.39, 0.29) is 17.0 Å². The van der Waals surface area contributed by atoms with Crippen LogP contribution < -0.4 is 4.90 Å². The number of benzene rings is 1. The summed E-state index contributed by atoms with van der Waals surface area (Å²) in [6, 6.07) is 4.51. The van der Waals surface area contributed by atoms with Gasteiger partial charge in [0.25, 0.3) is 0 Å². The average molecular weight is 338 g/mol. The van der Waals surface area contributed by atoms with Gasteiger partial charge in [-0.3, -0.25) is 0 Å². The van der Waals surface area contributed by atoms with Gasteiger partial charge in [0.05, 0.1) is 11.7 Å². The van der Waals surface area contributed by atoms with Gasteiger partial charge in [-0.15, -0.1) is 0 Å². The summed E-state index contributed by atoms with van der Waals surface area (Å²) < 4.78 is 44.2. The molecular weight excluding hydrogens is 323 g/mol. The van der Waals surface area contributed by atoms with Crippen molar-refractivity contribution in [2.75, 3.05) is 25.1 Å². The Morgan fingerprint density at radius 2 is 2.16 bits per heavy atom. The second-order valence-corrected chi connectivity index (χ2v) is 5.13. The minimum Gasteiger partial charge on any atom is -0.380 e. The van der Waals surface area contributed by atoms with Crippen molar-refractivity contribution in [2.24, 2.45) is 0 Å². The van der Waals surface area contributed by atoms with Gasteiger partial charge in [-0.05, 0) is 24.1 Å². The van der Waals surface area contributed by atoms with E-state index < -0.39 is 11.7 Å². The molecule has 0 spiro atoms. The molecule has 1 aliphatic rings. The van der Waals surface area contributed by atoms with Gasteiger partial charge in [0.1, 0.15) is 0 Å². The SMILES string of the molecule is COC1CCN(c2ccc(CBr)c(C(F)(F)F)c2)C1. The number of hydrogen-bond donors (Lipinski definition) is 0. The first-order valence-corrected chi connectivity index (χ1v) is 7.11. The molecule has 2 rings (SSSR count). The van der Waals surface area contributed by atoms with Crippen molar-refractivity contribution in [3.05, 3.63) is 29.3 Å². The first-order chi connectivity index (χ1) is 8.95. The van der Waals surface area contributed by atoms with E-state index in [9.17, 15) is 13.2 Å². The fourth-order valence-corrected chi connectivity index (χ4v) is 2.79. The summed E-state index contributed by atoms with van der Waals surface area (Å²) in [5.41, 5.74) is 0.304. The van der Waals surface area contributed by atoms with Crippen LogP contribution in [0.2, 0.25) is 0 Å². The van der Waals surface area contributed by atoms with Crippen LogP contribution in [0.4, 0.5) is 18.9 Å². The Balaban J connectivity index is 2.28. The fourth-order valence-electron chi connectivity index (χ4n) is 2.30. The van der Waals surface area contributed by atoms with Crippen LogP contribution in [0.25, 0.3) is 0 Å². The number of rotatable bonds is 3. The molecule has 106 valence electrons. The van der Waals surface area contributed by atoms with E-state index in [0.717, 1.165) is 13.0 Å². The maximum absolute atomic E-state index is 13.0. The lowest BCUT2D eigenvalue weighted by atomic mass is 10.1. The lowest BCUT2D eigenvalue weighted by Gasteiger charge is -2.21. The van der Waals surface area contributed by atoms with E-state index in [1.807, 2.05) is 4.90 Å². The number of methoxy groups -OCH3 is 1. The van der Waals surface area contributed by atoms with Crippen LogP contribution in [-0.4, -0.2) is 26.3 Å². The molecule has 6 heteroatoms. The zero-order valence-electron chi connectivity index (χ0n) is 10.5. The highest BCUT2D eigenvalue weighted by atomic mass is 79.9. The summed E-state index contributed by atoms with van der Waals surface area (Å²) in [7, 11) is 1.63. The topological polar surface area (TPSA) is 12.5 Å². The Kier molecular flexibility index (Phi) is 4.40. The quantitative estimate of drug-likeness (QED) is 0.777. The molecule has 1 unspecified atom stereocenters. The van der Waals surface area contributed by atoms with Gasteiger partial charge in [0.15, 0.2) is 0 Å². The fraction of sp³-hybridized carbons (Fsp3) is 0.538. The number of alkyl halides is 4. The van der Waals surface area contributed by atoms with E-state index >= 15 is 0 Å². The van der Waals surface area contributed by atoms with Crippen LogP contribution in [0.3, 0.4) is 0 Å². The van der Waals surface area contributed by atoms with Gasteiger partial charge >= 0.3 is 6.18 Å². The predicted octanol–water partition coefficient (Wildman–Crippen LogP) is 3.83. The summed E-state index contributed by atoms with van der Waals surface area (Å²) in [5, 5.41) is 0.197. The number of anilines is 1. The molecule has 1 atom stereocenters. The third-order valence-electron chi connectivity index (χ3n) is 3.39. The van der Waals surface area contributed by atoms with Crippen LogP contribution in [0.1, 0.15) is 17.5 Å². The second-order valence-electron chi connectivity index (χ2n) is 4.57. The van der Waals surface area contributed by atoms with E-state index in [4.69, 9.17) is 4.74 Å². The highest BCUT2D eigenvalue weighted by Gasteiger charge is 2.34. The minimum atomic E-state index is -4.32. The molecule has 1 heterocycles. The monoisotopic (exact) mass is 337 g/mol. The molecule has 0 radical (unpaired) electrons. The Morgan fingerprint density at radius 1 is 1.42 bits per heavy atom. The molecule has 0 aliphatic carbocycles. The standard InChI is InChI=1S/C13H15BrF3NO/c1-19-11-4-5-18(8-11)10-3-2-9(7-14)12(6-10)13(15,16)17/h2-3,6,11H,4-5,7-8H2,1H3. The maximum atomic E-state index is 13.0. The van der Waals surface area contributed by atoms with Gasteiger partial charge in [0, 0.05) is 31.2 Å². The van der Waals surface area contributed by atoms with E-state index in [2.05, 4.69) is 15.9 Å². The second kappa shape index (κ2) is 5.71. The van der Waals surface area contributed by atoms with E-state index in [1.165, 1.54) is 12.1 Å². The predicted molar refractivity (Wildman–Crippen MR) is 71.7 cm³/mol. The highest BCUT2D eigenvalue weighted by molar-refractivity contribution is 9.08. The molecule has 0 bridgehead atoms. The van der Waals surface area contributed by atoms with Crippen molar-refractivity contribution >= 4 is 21.6 Å². The van der Waals surface area contributed by atoms with Crippen LogP contribution in [0, 0.1) is 0 Å². The number of ether oxygens (including phenoxy) is 1. The molecule has 1 aromatic carbocycles. The Hall–Kier alpha value is -0.750. The first kappa shape index (κ1) is 14.7. The molecule has 1 aliphatic heterocycles. The zero-order chi connectivity index (χ0) is 14.0. The molecule has 1 aromatic rings. The smallest absolute Gasteiger partial charge is 0.380 e. The summed E-state index contributed by atoms with van der Waals surface area (Å²) in [4.78, 5) is 1.93. The van der Waals surface area contributed by atoms with Crippen molar-refractivity contribution in [2.45, 2.75) is 24.0 Å². The largest absolute Gasteiger partial charge is 0.416 e. The van der Waals surface area contributed by atoms with Crippen LogP contribution >= 0.6 is 15.9 Å². The van der Waals surface area contributed by atoms with E-state index in [1.54, 1.807) is 13.2 Å².